The maximum absolute atomic E-state index is 3.61. The first-order valence-corrected chi connectivity index (χ1v) is 7.48. The molecule has 4 aromatic carbocycles. The number of fused-ring (bicyclic) bond motifs is 1. The maximum atomic E-state index is 3.61. The van der Waals surface area contributed by atoms with Crippen LogP contribution in [0.3, 0.4) is 0 Å². The molecule has 0 atom stereocenters. The molecule has 0 fully saturated rings. The predicted molar refractivity (Wildman–Crippen MR) is 91.6 cm³/mol. The molecule has 0 amide bonds. The van der Waals surface area contributed by atoms with E-state index in [0.717, 1.165) is 5.39 Å². The summed E-state index contributed by atoms with van der Waals surface area (Å²) in [6, 6.07) is 28.9. The monoisotopic (exact) mass is 382 g/mol. The zero-order valence-electron chi connectivity index (χ0n) is 12.2. The molecule has 1 aliphatic carbocycles. The van der Waals surface area contributed by atoms with E-state index in [0.29, 0.717) is 0 Å². The summed E-state index contributed by atoms with van der Waals surface area (Å²) in [6.07, 6.45) is 3.61. The summed E-state index contributed by atoms with van der Waals surface area (Å²) in [6.45, 7) is 0. The Morgan fingerprint density at radius 1 is 0.652 bits per heavy atom. The van der Waals surface area contributed by atoms with Gasteiger partial charge in [-0.2, -0.15) is 0 Å². The standard InChI is InChI=1S/C22H12.Pd/c1-2-11-18-15(6-1)7-4-12-19(18)21-14-17-10-3-8-16-9-5-13-20(21)22(16)17;/h1-10,12-13H;/q-2;+2. The van der Waals surface area contributed by atoms with Crippen molar-refractivity contribution in [1.29, 1.82) is 0 Å². The molecule has 0 spiro atoms. The summed E-state index contributed by atoms with van der Waals surface area (Å²) in [5.41, 5.74) is 4.86. The Balaban J connectivity index is 0.00000135. The molecule has 0 aromatic heterocycles. The molecular weight excluding hydrogens is 371 g/mol. The van der Waals surface area contributed by atoms with E-state index in [1.54, 1.807) is 0 Å². The molecule has 1 heteroatoms. The first-order valence-electron chi connectivity index (χ1n) is 7.48. The topological polar surface area (TPSA) is 0 Å². The van der Waals surface area contributed by atoms with E-state index in [1.165, 1.54) is 38.4 Å². The second kappa shape index (κ2) is 5.46. The molecular formula is C22H12Pd. The van der Waals surface area contributed by atoms with Crippen LogP contribution in [0.15, 0.2) is 72.8 Å². The van der Waals surface area contributed by atoms with E-state index in [4.69, 9.17) is 0 Å². The van der Waals surface area contributed by atoms with Gasteiger partial charge in [0.15, 0.2) is 0 Å². The van der Waals surface area contributed by atoms with Gasteiger partial charge in [0, 0.05) is 0 Å². The largest absolute Gasteiger partial charge is 2.00 e. The summed E-state index contributed by atoms with van der Waals surface area (Å²) in [5.74, 6) is 0. The molecule has 0 saturated heterocycles. The summed E-state index contributed by atoms with van der Waals surface area (Å²) >= 11 is 0. The average Bonchev–Trinajstić information content (AvgIpc) is 2.95. The van der Waals surface area contributed by atoms with E-state index in [1.807, 2.05) is 12.1 Å². The van der Waals surface area contributed by atoms with Gasteiger partial charge in [0.1, 0.15) is 0 Å². The van der Waals surface area contributed by atoms with Crippen LogP contribution in [0, 0.1) is 12.1 Å². The Morgan fingerprint density at radius 2 is 1.35 bits per heavy atom. The minimum Gasteiger partial charge on any atom is -0.147 e. The van der Waals surface area contributed by atoms with Crippen molar-refractivity contribution < 1.29 is 20.4 Å². The van der Waals surface area contributed by atoms with Crippen LogP contribution in [0.2, 0.25) is 0 Å². The van der Waals surface area contributed by atoms with Crippen molar-refractivity contribution in [3.63, 3.8) is 0 Å². The van der Waals surface area contributed by atoms with Gasteiger partial charge in [-0.1, -0.05) is 53.9 Å². The molecule has 5 rings (SSSR count). The fourth-order valence-electron chi connectivity index (χ4n) is 3.43. The average molecular weight is 383 g/mol. The number of rotatable bonds is 1. The van der Waals surface area contributed by atoms with Crippen LogP contribution in [0.4, 0.5) is 0 Å². The van der Waals surface area contributed by atoms with E-state index < -0.39 is 0 Å². The number of benzene rings is 4. The Hall–Kier alpha value is -2.20. The molecule has 0 bridgehead atoms. The molecule has 0 radical (unpaired) electrons. The summed E-state index contributed by atoms with van der Waals surface area (Å²) in [5, 5.41) is 4.98. The van der Waals surface area contributed by atoms with Crippen LogP contribution in [0.1, 0.15) is 16.7 Å². The Labute approximate surface area is 149 Å². The molecule has 0 heterocycles. The third kappa shape index (κ3) is 2.09. The van der Waals surface area contributed by atoms with Crippen molar-refractivity contribution in [3.05, 3.63) is 102 Å². The SMILES string of the molecule is [C-]1=C(c2cccc3ccc[c-]c23)c2cccc3cccc1c23.[Pd+2]. The van der Waals surface area contributed by atoms with Crippen LogP contribution in [-0.4, -0.2) is 0 Å². The van der Waals surface area contributed by atoms with Gasteiger partial charge in [-0.05, 0) is 0 Å². The van der Waals surface area contributed by atoms with Gasteiger partial charge in [-0.3, -0.25) is 0 Å². The minimum absolute atomic E-state index is 0. The van der Waals surface area contributed by atoms with E-state index in [9.17, 15) is 0 Å². The molecule has 0 saturated carbocycles. The molecule has 4 aromatic rings. The maximum Gasteiger partial charge on any atom is 2.00 e. The van der Waals surface area contributed by atoms with Crippen LogP contribution < -0.4 is 0 Å². The van der Waals surface area contributed by atoms with Crippen molar-refractivity contribution in [1.82, 2.24) is 0 Å². The van der Waals surface area contributed by atoms with Crippen LogP contribution in [0.25, 0.3) is 27.1 Å². The summed E-state index contributed by atoms with van der Waals surface area (Å²) < 4.78 is 0. The zero-order chi connectivity index (χ0) is 14.5. The summed E-state index contributed by atoms with van der Waals surface area (Å²) in [4.78, 5) is 0. The van der Waals surface area contributed by atoms with E-state index >= 15 is 0 Å². The van der Waals surface area contributed by atoms with Gasteiger partial charge in [-0.25, -0.2) is 0 Å². The Morgan fingerprint density at radius 3 is 2.22 bits per heavy atom. The van der Waals surface area contributed by atoms with Crippen molar-refractivity contribution >= 4 is 27.1 Å². The molecule has 0 N–H and O–H groups in total. The van der Waals surface area contributed by atoms with Gasteiger partial charge >= 0.3 is 20.4 Å². The van der Waals surface area contributed by atoms with Gasteiger partial charge < -0.3 is 0 Å². The zero-order valence-corrected chi connectivity index (χ0v) is 13.8. The quantitative estimate of drug-likeness (QED) is 0.269. The van der Waals surface area contributed by atoms with Crippen molar-refractivity contribution in [2.45, 2.75) is 0 Å². The van der Waals surface area contributed by atoms with Gasteiger partial charge in [-0.15, -0.1) is 74.8 Å². The van der Waals surface area contributed by atoms with Crippen LogP contribution in [-0.2, 0) is 20.4 Å². The smallest absolute Gasteiger partial charge is 0.147 e. The van der Waals surface area contributed by atoms with Gasteiger partial charge in [0.2, 0.25) is 0 Å². The molecule has 0 unspecified atom stereocenters. The summed E-state index contributed by atoms with van der Waals surface area (Å²) in [7, 11) is 0. The van der Waals surface area contributed by atoms with Crippen molar-refractivity contribution in [2.75, 3.05) is 0 Å². The molecule has 0 nitrogen and oxygen atoms in total. The minimum atomic E-state index is 0. The number of hydrogen-bond donors (Lipinski definition) is 0. The van der Waals surface area contributed by atoms with Gasteiger partial charge in [0.25, 0.3) is 0 Å². The van der Waals surface area contributed by atoms with Crippen LogP contribution in [0.5, 0.6) is 0 Å². The first kappa shape index (κ1) is 14.4. The Bertz CT molecular complexity index is 1060. The predicted octanol–water partition coefficient (Wildman–Crippen LogP) is 5.39. The number of hydrogen-bond acceptors (Lipinski definition) is 0. The van der Waals surface area contributed by atoms with E-state index in [-0.39, 0.29) is 20.4 Å². The van der Waals surface area contributed by atoms with E-state index in [2.05, 4.69) is 72.8 Å². The molecule has 110 valence electrons. The van der Waals surface area contributed by atoms with Crippen molar-refractivity contribution in [3.8, 4) is 0 Å². The van der Waals surface area contributed by atoms with Crippen molar-refractivity contribution in [2.24, 2.45) is 0 Å². The van der Waals surface area contributed by atoms with Gasteiger partial charge in [0.05, 0.1) is 0 Å². The third-order valence-corrected chi connectivity index (χ3v) is 4.40. The normalized spacial score (nSPS) is 12.3. The van der Waals surface area contributed by atoms with Crippen LogP contribution >= 0.6 is 0 Å². The molecule has 0 aliphatic heterocycles. The third-order valence-electron chi connectivity index (χ3n) is 4.40. The fourth-order valence-corrected chi connectivity index (χ4v) is 3.43. The molecule has 1 aliphatic rings. The first-order chi connectivity index (χ1) is 10.9. The second-order valence-corrected chi connectivity index (χ2v) is 5.65. The Kier molecular flexibility index (Phi) is 3.42. The fraction of sp³-hybridized carbons (Fsp3) is 0. The molecule has 23 heavy (non-hydrogen) atoms. The second-order valence-electron chi connectivity index (χ2n) is 5.65.